The Kier molecular flexibility index (Phi) is 7.92. The van der Waals surface area contributed by atoms with Crippen molar-refractivity contribution in [2.75, 3.05) is 0 Å². The standard InChI is InChI=1S/C53H40N2/c1-35-16-6-12-24-46(35)53(48-25-13-9-21-43(48)44-22-10-14-26-49(44)53)47-33-32-40(34-36(47)2)42-20-8-7-19-41(42)37-28-30-38(31-29-37)51-45-23-11-15-27-50(45)54-52(55-51)39-17-4-3-5-18-39/h3-34,52,55H,1-2H3. The van der Waals surface area contributed by atoms with E-state index in [4.69, 9.17) is 4.99 Å². The van der Waals surface area contributed by atoms with Gasteiger partial charge >= 0.3 is 0 Å². The van der Waals surface area contributed by atoms with Crippen LogP contribution in [0.5, 0.6) is 0 Å². The molecule has 0 spiro atoms. The maximum Gasteiger partial charge on any atom is 0.145 e. The van der Waals surface area contributed by atoms with Gasteiger partial charge in [0.2, 0.25) is 0 Å². The topological polar surface area (TPSA) is 24.4 Å². The molecule has 10 rings (SSSR count). The van der Waals surface area contributed by atoms with Crippen LogP contribution in [0.3, 0.4) is 0 Å². The van der Waals surface area contributed by atoms with Crippen LogP contribution >= 0.6 is 0 Å². The van der Waals surface area contributed by atoms with Gasteiger partial charge in [0.25, 0.3) is 0 Å². The van der Waals surface area contributed by atoms with Crippen molar-refractivity contribution in [1.29, 1.82) is 0 Å². The van der Waals surface area contributed by atoms with Crippen LogP contribution < -0.4 is 15.9 Å². The smallest absolute Gasteiger partial charge is 0.145 e. The van der Waals surface area contributed by atoms with E-state index in [1.165, 1.54) is 66.8 Å². The van der Waals surface area contributed by atoms with Gasteiger partial charge in [0, 0.05) is 5.22 Å². The number of aryl methyl sites for hydroxylation is 2. The third-order valence-electron chi connectivity index (χ3n) is 11.7. The van der Waals surface area contributed by atoms with E-state index >= 15 is 0 Å². The lowest BCUT2D eigenvalue weighted by Gasteiger charge is -2.36. The first-order chi connectivity index (χ1) is 27.1. The van der Waals surface area contributed by atoms with Crippen molar-refractivity contribution < 1.29 is 0 Å². The third-order valence-corrected chi connectivity index (χ3v) is 11.7. The molecule has 1 N–H and O–H groups in total. The van der Waals surface area contributed by atoms with E-state index in [0.717, 1.165) is 27.4 Å². The molecule has 0 fully saturated rings. The number of fused-ring (bicyclic) bond motifs is 4. The molecule has 55 heavy (non-hydrogen) atoms. The van der Waals surface area contributed by atoms with Crippen LogP contribution in [-0.2, 0) is 5.41 Å². The zero-order valence-electron chi connectivity index (χ0n) is 31.0. The van der Waals surface area contributed by atoms with E-state index in [1.807, 2.05) is 6.07 Å². The van der Waals surface area contributed by atoms with Gasteiger partial charge in [0.15, 0.2) is 0 Å². The molecule has 0 aromatic heterocycles. The Labute approximate surface area is 322 Å². The summed E-state index contributed by atoms with van der Waals surface area (Å²) in [6.07, 6.45) is -0.145. The predicted octanol–water partition coefficient (Wildman–Crippen LogP) is 11.1. The van der Waals surface area contributed by atoms with E-state index in [1.54, 1.807) is 0 Å². The van der Waals surface area contributed by atoms with Gasteiger partial charge in [0.05, 0.1) is 16.5 Å². The van der Waals surface area contributed by atoms with Crippen molar-refractivity contribution in [3.63, 3.8) is 0 Å². The summed E-state index contributed by atoms with van der Waals surface area (Å²) in [6, 6.07) is 70.7. The van der Waals surface area contributed by atoms with Crippen LogP contribution in [0.15, 0.2) is 199 Å². The van der Waals surface area contributed by atoms with E-state index in [0.29, 0.717) is 0 Å². The lowest BCUT2D eigenvalue weighted by molar-refractivity contribution is 0.634. The molecule has 2 nitrogen and oxygen atoms in total. The van der Waals surface area contributed by atoms with E-state index in [9.17, 15) is 0 Å². The monoisotopic (exact) mass is 704 g/mol. The third kappa shape index (κ3) is 5.28. The SMILES string of the molecule is Cc1ccccc1C1(c2ccc(-c3ccccc3-c3ccc(C4=c5ccccc5=NC(c5ccccc5)N4)cc3)cc2C)c2ccccc2-c2ccccc21. The van der Waals surface area contributed by atoms with Crippen molar-refractivity contribution in [1.82, 2.24) is 5.32 Å². The van der Waals surface area contributed by atoms with Gasteiger partial charge in [-0.05, 0) is 97.8 Å². The molecule has 0 saturated heterocycles. The molecule has 0 saturated carbocycles. The molecular weight excluding hydrogens is 665 g/mol. The molecule has 1 atom stereocenters. The Morgan fingerprint density at radius 1 is 0.418 bits per heavy atom. The second-order valence-corrected chi connectivity index (χ2v) is 14.8. The molecule has 8 aromatic carbocycles. The Hall–Kier alpha value is -6.77. The van der Waals surface area contributed by atoms with E-state index < -0.39 is 5.41 Å². The number of hydrogen-bond donors (Lipinski definition) is 1. The van der Waals surface area contributed by atoms with Crippen LogP contribution in [0, 0.1) is 13.8 Å². The summed E-state index contributed by atoms with van der Waals surface area (Å²) >= 11 is 0. The van der Waals surface area contributed by atoms with Crippen LogP contribution in [0.25, 0.3) is 39.1 Å². The molecule has 2 aliphatic rings. The van der Waals surface area contributed by atoms with Gasteiger partial charge in [0.1, 0.15) is 6.17 Å². The minimum Gasteiger partial charge on any atom is -0.359 e. The second-order valence-electron chi connectivity index (χ2n) is 14.8. The van der Waals surface area contributed by atoms with Gasteiger partial charge in [-0.3, -0.25) is 4.99 Å². The van der Waals surface area contributed by atoms with Crippen molar-refractivity contribution in [3.8, 4) is 33.4 Å². The summed E-state index contributed by atoms with van der Waals surface area (Å²) in [7, 11) is 0. The van der Waals surface area contributed by atoms with Crippen molar-refractivity contribution in [2.24, 2.45) is 4.99 Å². The Morgan fingerprint density at radius 2 is 0.927 bits per heavy atom. The lowest BCUT2D eigenvalue weighted by atomic mass is 9.65. The molecule has 1 aliphatic heterocycles. The summed E-state index contributed by atoms with van der Waals surface area (Å²) in [5.74, 6) is 0. The summed E-state index contributed by atoms with van der Waals surface area (Å²) in [6.45, 7) is 4.55. The van der Waals surface area contributed by atoms with Crippen molar-refractivity contribution in [2.45, 2.75) is 25.4 Å². The molecule has 1 aliphatic carbocycles. The fraction of sp³-hybridized carbons (Fsp3) is 0.0755. The summed E-state index contributed by atoms with van der Waals surface area (Å²) in [5, 5.41) is 5.88. The number of hydrogen-bond acceptors (Lipinski definition) is 2. The van der Waals surface area contributed by atoms with Crippen LogP contribution in [0.2, 0.25) is 0 Å². The molecule has 2 heteroatoms. The highest BCUT2D eigenvalue weighted by Gasteiger charge is 2.47. The van der Waals surface area contributed by atoms with Gasteiger partial charge in [-0.2, -0.15) is 0 Å². The Bertz CT molecular complexity index is 2820. The zero-order valence-corrected chi connectivity index (χ0v) is 31.0. The number of rotatable bonds is 6. The van der Waals surface area contributed by atoms with E-state index in [2.05, 4.69) is 207 Å². The molecule has 8 aromatic rings. The van der Waals surface area contributed by atoms with Crippen molar-refractivity contribution in [3.05, 3.63) is 249 Å². The molecule has 0 radical (unpaired) electrons. The maximum absolute atomic E-state index is 5.06. The first kappa shape index (κ1) is 32.8. The normalized spacial score (nSPS) is 14.9. The van der Waals surface area contributed by atoms with Gasteiger partial charge in [-0.15, -0.1) is 0 Å². The summed E-state index contributed by atoms with van der Waals surface area (Å²) in [4.78, 5) is 5.06. The number of nitrogens with one attached hydrogen (secondary N) is 1. The quantitative estimate of drug-likeness (QED) is 0.183. The zero-order chi connectivity index (χ0) is 36.9. The van der Waals surface area contributed by atoms with Crippen LogP contribution in [0.1, 0.15) is 50.7 Å². The van der Waals surface area contributed by atoms with Gasteiger partial charge < -0.3 is 5.32 Å². The average Bonchev–Trinajstić information content (AvgIpc) is 3.54. The minimum absolute atomic E-state index is 0.145. The highest BCUT2D eigenvalue weighted by molar-refractivity contribution is 5.88. The number of benzene rings is 8. The Balaban J connectivity index is 1.06. The fourth-order valence-electron chi connectivity index (χ4n) is 9.22. The largest absolute Gasteiger partial charge is 0.359 e. The van der Waals surface area contributed by atoms with Crippen molar-refractivity contribution >= 4 is 5.70 Å². The first-order valence-electron chi connectivity index (χ1n) is 19.2. The maximum atomic E-state index is 5.06. The average molecular weight is 705 g/mol. The minimum atomic E-state index is -0.424. The molecule has 1 heterocycles. The van der Waals surface area contributed by atoms with Crippen LogP contribution in [0.4, 0.5) is 0 Å². The molecule has 0 amide bonds. The summed E-state index contributed by atoms with van der Waals surface area (Å²) < 4.78 is 0. The second kappa shape index (κ2) is 13.3. The number of nitrogens with zero attached hydrogens (tertiary/aromatic N) is 1. The predicted molar refractivity (Wildman–Crippen MR) is 226 cm³/mol. The van der Waals surface area contributed by atoms with Gasteiger partial charge in [-0.1, -0.05) is 188 Å². The molecule has 262 valence electrons. The van der Waals surface area contributed by atoms with E-state index in [-0.39, 0.29) is 6.17 Å². The fourth-order valence-corrected chi connectivity index (χ4v) is 9.22. The first-order valence-corrected chi connectivity index (χ1v) is 19.2. The summed E-state index contributed by atoms with van der Waals surface area (Å²) in [5.41, 5.74) is 18.3. The highest BCUT2D eigenvalue weighted by Crippen LogP contribution is 2.57. The van der Waals surface area contributed by atoms with Gasteiger partial charge in [-0.25, -0.2) is 0 Å². The molecular formula is C53H40N2. The molecule has 0 bridgehead atoms. The van der Waals surface area contributed by atoms with Crippen LogP contribution in [-0.4, -0.2) is 0 Å². The lowest BCUT2D eigenvalue weighted by Crippen LogP contribution is -2.39. The number of para-hydroxylation sites is 1. The Morgan fingerprint density at radius 3 is 1.60 bits per heavy atom. The highest BCUT2D eigenvalue weighted by atomic mass is 15.1. The molecule has 1 unspecified atom stereocenters.